The lowest BCUT2D eigenvalue weighted by atomic mass is 9.74. The van der Waals surface area contributed by atoms with Gasteiger partial charge in [-0.25, -0.2) is 44.6 Å². The van der Waals surface area contributed by atoms with Gasteiger partial charge in [-0.05, 0) is 103 Å². The van der Waals surface area contributed by atoms with Crippen molar-refractivity contribution >= 4 is 82.1 Å². The minimum atomic E-state index is -3.91. The van der Waals surface area contributed by atoms with Crippen molar-refractivity contribution in [3.63, 3.8) is 0 Å². The number of fused-ring (bicyclic) bond motifs is 2. The number of Topliss-reactive ketones (excluding diaryl/α,β-unsaturated/α-hetero) is 1. The topological polar surface area (TPSA) is 191 Å². The number of nitrogens with zero attached hydrogens (tertiary/aromatic N) is 7. The summed E-state index contributed by atoms with van der Waals surface area (Å²) in [6, 6.07) is 26.4. The molecule has 2 aromatic heterocycles. The van der Waals surface area contributed by atoms with E-state index in [-0.39, 0.29) is 59.0 Å². The van der Waals surface area contributed by atoms with Crippen LogP contribution in [0, 0.1) is 5.82 Å². The average Bonchev–Trinajstić information content (AvgIpc) is 4.30. The Hall–Kier alpha value is -6.78. The lowest BCUT2D eigenvalue weighted by Gasteiger charge is -2.40. The van der Waals surface area contributed by atoms with Crippen molar-refractivity contribution in [3.05, 3.63) is 168 Å². The quantitative estimate of drug-likeness (QED) is 0.0970. The smallest absolute Gasteiger partial charge is 0.410 e. The SMILES string of the molecule is C=CCN(c1nccs1)S(=O)(=O)c1ccc(C2CC[C@@H](O)C2=O)cc1.C=CCN(c1nccs1)S(=O)(=O)c1ccc(N2CC[C@H](N3CC4(CCN(C(=O)OCc5ccccc5)CC4)c4cc(F)ccc43)C2=O)cc1. The zero-order chi connectivity index (χ0) is 52.2. The summed E-state index contributed by atoms with van der Waals surface area (Å²) in [6.07, 6.45) is 7.64. The van der Waals surface area contributed by atoms with Gasteiger partial charge in [0, 0.05) is 72.0 Å². The van der Waals surface area contributed by atoms with E-state index in [1.807, 2.05) is 30.3 Å². The van der Waals surface area contributed by atoms with E-state index in [9.17, 15) is 40.7 Å². The third-order valence-corrected chi connectivity index (χ3v) is 19.3. The van der Waals surface area contributed by atoms with E-state index in [0.29, 0.717) is 74.2 Å². The third kappa shape index (κ3) is 10.5. The zero-order valence-corrected chi connectivity index (χ0v) is 43.5. The molecule has 16 nitrogen and oxygen atoms in total. The first-order valence-corrected chi connectivity index (χ1v) is 28.6. The molecule has 74 heavy (non-hydrogen) atoms. The molecule has 4 aromatic carbocycles. The predicted molar refractivity (Wildman–Crippen MR) is 283 cm³/mol. The molecule has 21 heteroatoms. The van der Waals surface area contributed by atoms with E-state index < -0.39 is 37.6 Å². The molecule has 0 bridgehead atoms. The van der Waals surface area contributed by atoms with E-state index in [1.165, 1.54) is 73.8 Å². The molecule has 10 rings (SSSR count). The summed E-state index contributed by atoms with van der Waals surface area (Å²) in [4.78, 5) is 52.8. The highest BCUT2D eigenvalue weighted by Crippen LogP contribution is 2.49. The highest BCUT2D eigenvalue weighted by atomic mass is 32.2. The molecule has 386 valence electrons. The van der Waals surface area contributed by atoms with Gasteiger partial charge >= 0.3 is 6.09 Å². The van der Waals surface area contributed by atoms with Gasteiger partial charge < -0.3 is 24.5 Å². The molecule has 1 unspecified atom stereocenters. The molecule has 3 atom stereocenters. The number of aliphatic hydroxyl groups excluding tert-OH is 1. The molecule has 0 radical (unpaired) electrons. The number of thiazole rings is 2. The van der Waals surface area contributed by atoms with Crippen LogP contribution in [0.15, 0.2) is 155 Å². The minimum absolute atomic E-state index is 0.0724. The van der Waals surface area contributed by atoms with Crippen LogP contribution in [0.4, 0.5) is 30.8 Å². The molecule has 5 heterocycles. The number of benzene rings is 4. The summed E-state index contributed by atoms with van der Waals surface area (Å²) in [7, 11) is -7.68. The fourth-order valence-corrected chi connectivity index (χ4v) is 14.6. The van der Waals surface area contributed by atoms with Gasteiger partial charge in [0.1, 0.15) is 24.6 Å². The maximum Gasteiger partial charge on any atom is 0.410 e. The largest absolute Gasteiger partial charge is 0.445 e. The Morgan fingerprint density at radius 3 is 1.93 bits per heavy atom. The van der Waals surface area contributed by atoms with Crippen LogP contribution in [-0.2, 0) is 46.4 Å². The molecule has 3 fully saturated rings. The van der Waals surface area contributed by atoms with Crippen molar-refractivity contribution in [1.29, 1.82) is 0 Å². The van der Waals surface area contributed by atoms with Gasteiger partial charge in [0.15, 0.2) is 16.0 Å². The zero-order valence-electron chi connectivity index (χ0n) is 40.2. The number of sulfonamides is 2. The lowest BCUT2D eigenvalue weighted by Crippen LogP contribution is -2.49. The van der Waals surface area contributed by atoms with Gasteiger partial charge in [-0.1, -0.05) is 54.6 Å². The fourth-order valence-electron chi connectivity index (χ4n) is 10.1. The summed E-state index contributed by atoms with van der Waals surface area (Å²) < 4.78 is 75.4. The van der Waals surface area contributed by atoms with Crippen molar-refractivity contribution in [2.45, 2.75) is 72.0 Å². The molecule has 1 N–H and O–H groups in total. The second-order valence-corrected chi connectivity index (χ2v) is 23.8. The molecule has 2 saturated heterocycles. The van der Waals surface area contributed by atoms with Crippen molar-refractivity contribution in [2.75, 3.05) is 57.7 Å². The van der Waals surface area contributed by atoms with E-state index in [4.69, 9.17) is 4.74 Å². The maximum absolute atomic E-state index is 14.7. The van der Waals surface area contributed by atoms with Crippen LogP contribution < -0.4 is 18.4 Å². The molecular weight excluding hydrogens is 1030 g/mol. The molecule has 1 spiro atoms. The average molecular weight is 1080 g/mol. The van der Waals surface area contributed by atoms with Gasteiger partial charge in [0.25, 0.3) is 20.0 Å². The monoisotopic (exact) mass is 1080 g/mol. The number of amides is 2. The number of likely N-dealkylation sites (tertiary alicyclic amines) is 1. The number of rotatable bonds is 15. The number of halogens is 1. The first-order valence-electron chi connectivity index (χ1n) is 24.0. The number of carbonyl (C=O) groups is 3. The molecule has 6 aromatic rings. The van der Waals surface area contributed by atoms with Crippen molar-refractivity contribution in [3.8, 4) is 0 Å². The van der Waals surface area contributed by atoms with Gasteiger partial charge in [-0.3, -0.25) is 9.59 Å². The first-order chi connectivity index (χ1) is 35.6. The fraction of sp³-hybridized carbons (Fsp3) is 0.302. The molecule has 3 aliphatic heterocycles. The highest BCUT2D eigenvalue weighted by Gasteiger charge is 2.50. The summed E-state index contributed by atoms with van der Waals surface area (Å²) in [5, 5.41) is 13.7. The predicted octanol–water partition coefficient (Wildman–Crippen LogP) is 8.29. The number of ether oxygens (including phenoxy) is 1. The Bertz CT molecular complexity index is 3210. The van der Waals surface area contributed by atoms with Crippen LogP contribution in [0.2, 0.25) is 0 Å². The van der Waals surface area contributed by atoms with Gasteiger partial charge in [-0.15, -0.1) is 35.8 Å². The number of carbonyl (C=O) groups excluding carboxylic acids is 3. The van der Waals surface area contributed by atoms with E-state index in [2.05, 4.69) is 28.0 Å². The summed E-state index contributed by atoms with van der Waals surface area (Å²) >= 11 is 2.45. The summed E-state index contributed by atoms with van der Waals surface area (Å²) in [6.45, 7) is 9.60. The van der Waals surface area contributed by atoms with E-state index in [0.717, 1.165) is 22.4 Å². The Kier molecular flexibility index (Phi) is 15.5. The van der Waals surface area contributed by atoms with Crippen LogP contribution in [-0.4, -0.2) is 106 Å². The molecular formula is C53H54FN7O9S4. The van der Waals surface area contributed by atoms with Crippen LogP contribution >= 0.6 is 22.7 Å². The maximum atomic E-state index is 14.7. The van der Waals surface area contributed by atoms with Gasteiger partial charge in [0.2, 0.25) is 5.91 Å². The van der Waals surface area contributed by atoms with Crippen molar-refractivity contribution in [1.82, 2.24) is 14.9 Å². The Morgan fingerprint density at radius 1 is 0.797 bits per heavy atom. The summed E-state index contributed by atoms with van der Waals surface area (Å²) in [5.41, 5.74) is 3.55. The number of hydrogen-bond acceptors (Lipinski definition) is 14. The normalized spacial score (nSPS) is 19.2. The molecule has 4 aliphatic rings. The van der Waals surface area contributed by atoms with Crippen molar-refractivity contribution < 1.29 is 45.5 Å². The highest BCUT2D eigenvalue weighted by molar-refractivity contribution is 7.93. The number of ketones is 1. The number of piperidine rings is 1. The first kappa shape index (κ1) is 52.1. The van der Waals surface area contributed by atoms with E-state index in [1.54, 1.807) is 69.4 Å². The minimum Gasteiger partial charge on any atom is -0.445 e. The van der Waals surface area contributed by atoms with Crippen LogP contribution in [0.3, 0.4) is 0 Å². The molecule has 1 aliphatic carbocycles. The summed E-state index contributed by atoms with van der Waals surface area (Å²) in [5.74, 6) is -0.997. The van der Waals surface area contributed by atoms with Crippen LogP contribution in [0.5, 0.6) is 0 Å². The Morgan fingerprint density at radius 2 is 1.39 bits per heavy atom. The number of aliphatic hydroxyl groups is 1. The van der Waals surface area contributed by atoms with Gasteiger partial charge in [0.05, 0.1) is 22.9 Å². The number of aromatic nitrogens is 2. The number of anilines is 4. The molecule has 2 amide bonds. The Balaban J connectivity index is 0.000000226. The number of hydrogen-bond donors (Lipinski definition) is 1. The lowest BCUT2D eigenvalue weighted by molar-refractivity contribution is -0.125. The van der Waals surface area contributed by atoms with E-state index >= 15 is 0 Å². The van der Waals surface area contributed by atoms with Crippen LogP contribution in [0.1, 0.15) is 54.7 Å². The second-order valence-electron chi connectivity index (χ2n) is 18.3. The second kappa shape index (κ2) is 22.0. The van der Waals surface area contributed by atoms with Gasteiger partial charge in [-0.2, -0.15) is 0 Å². The van der Waals surface area contributed by atoms with Crippen LogP contribution in [0.25, 0.3) is 0 Å². The molecule has 1 saturated carbocycles. The standard InChI is InChI=1S/C36H36FN5O5S2.C17H18N2O4S2/c1-2-18-42(34-38-17-22-48-34)49(45,46)29-11-9-28(10-12-29)40-19-14-32(33(40)43)41-25-36(30-23-27(37)8-13-31(30)41)15-20-39(21-16-36)35(44)47-24-26-6-4-3-5-7-26;1-2-10-19(17-18-9-11-24-17)25(22,23)13-5-3-12(4-6-13)14-7-8-15(20)16(14)21/h2-13,17,22-23,32H,1,14-16,18-21,24-25H2;2-6,9,11,14-15,20H,1,7-8,10H2/t32-;14?,15-/m01/s1. The Labute approximate surface area is 437 Å². The van der Waals surface area contributed by atoms with Crippen molar-refractivity contribution in [2.24, 2.45) is 0 Å². The third-order valence-electron chi connectivity index (χ3n) is 13.9.